The molecule has 0 bridgehead atoms. The van der Waals surface area contributed by atoms with E-state index in [1.54, 1.807) is 18.3 Å². The predicted octanol–water partition coefficient (Wildman–Crippen LogP) is 5.36. The third-order valence-electron chi connectivity index (χ3n) is 7.71. The lowest BCUT2D eigenvalue weighted by molar-refractivity contribution is -0.138. The monoisotopic (exact) mass is 488 g/mol. The quantitative estimate of drug-likeness (QED) is 0.380. The highest BCUT2D eigenvalue weighted by molar-refractivity contribution is 6.06. The summed E-state index contributed by atoms with van der Waals surface area (Å²) in [4.78, 5) is 18.2. The minimum Gasteiger partial charge on any atom is -0.480 e. The van der Waals surface area contributed by atoms with Gasteiger partial charge in [0.2, 0.25) is 5.88 Å². The first-order valence-electron chi connectivity index (χ1n) is 12.5. The van der Waals surface area contributed by atoms with E-state index in [1.165, 1.54) is 12.1 Å². The molecule has 1 saturated heterocycles. The van der Waals surface area contributed by atoms with Crippen molar-refractivity contribution >= 4 is 27.6 Å². The molecule has 8 heteroatoms. The highest BCUT2D eigenvalue weighted by atomic mass is 19.1. The van der Waals surface area contributed by atoms with Crippen molar-refractivity contribution < 1.29 is 19.0 Å². The maximum Gasteiger partial charge on any atom is 0.317 e. The molecule has 2 aromatic carbocycles. The maximum absolute atomic E-state index is 13.7. The van der Waals surface area contributed by atoms with Crippen LogP contribution in [-0.4, -0.2) is 56.9 Å². The average Bonchev–Trinajstić information content (AvgIpc) is 3.44. The van der Waals surface area contributed by atoms with Gasteiger partial charge in [-0.2, -0.15) is 5.10 Å². The Labute approximate surface area is 208 Å². The fourth-order valence-electron chi connectivity index (χ4n) is 6.00. The number of carboxylic acids is 1. The Morgan fingerprint density at radius 2 is 2.03 bits per heavy atom. The number of H-pyrrole nitrogens is 1. The first kappa shape index (κ1) is 22.9. The third kappa shape index (κ3) is 3.99. The molecule has 36 heavy (non-hydrogen) atoms. The number of pyridine rings is 1. The second kappa shape index (κ2) is 8.55. The van der Waals surface area contributed by atoms with Crippen LogP contribution in [0.5, 0.6) is 5.88 Å². The second-order valence-electron chi connectivity index (χ2n) is 10.7. The van der Waals surface area contributed by atoms with Gasteiger partial charge in [0.05, 0.1) is 24.0 Å². The Kier molecular flexibility index (Phi) is 5.44. The van der Waals surface area contributed by atoms with E-state index in [4.69, 9.17) is 14.8 Å². The largest absolute Gasteiger partial charge is 0.480 e. The van der Waals surface area contributed by atoms with Crippen molar-refractivity contribution in [2.24, 2.45) is 5.41 Å². The van der Waals surface area contributed by atoms with Crippen LogP contribution in [0.3, 0.4) is 0 Å². The number of likely N-dealkylation sites (tertiary alicyclic amines) is 1. The van der Waals surface area contributed by atoms with Gasteiger partial charge < -0.3 is 9.84 Å². The minimum absolute atomic E-state index is 0.0413. The van der Waals surface area contributed by atoms with E-state index in [9.17, 15) is 9.18 Å². The van der Waals surface area contributed by atoms with Crippen molar-refractivity contribution in [2.75, 3.05) is 19.6 Å². The number of aromatic nitrogens is 3. The molecule has 1 spiro atoms. The van der Waals surface area contributed by atoms with Crippen molar-refractivity contribution in [3.05, 3.63) is 54.1 Å². The zero-order valence-corrected chi connectivity index (χ0v) is 20.4. The average molecular weight is 489 g/mol. The summed E-state index contributed by atoms with van der Waals surface area (Å²) >= 11 is 0. The number of nitrogens with one attached hydrogen (secondary N) is 1. The Balaban J connectivity index is 1.38. The van der Waals surface area contributed by atoms with Crippen LogP contribution in [0.4, 0.5) is 4.39 Å². The van der Waals surface area contributed by atoms with Crippen LogP contribution in [0.1, 0.15) is 44.7 Å². The number of hydrogen-bond donors (Lipinski definition) is 2. The van der Waals surface area contributed by atoms with E-state index >= 15 is 0 Å². The summed E-state index contributed by atoms with van der Waals surface area (Å²) in [5.74, 6) is -0.310. The zero-order valence-electron chi connectivity index (χ0n) is 20.4. The molecule has 6 rings (SSSR count). The van der Waals surface area contributed by atoms with E-state index in [0.29, 0.717) is 5.88 Å². The first-order valence-corrected chi connectivity index (χ1v) is 12.5. The molecule has 3 heterocycles. The Morgan fingerprint density at radius 3 is 2.75 bits per heavy atom. The van der Waals surface area contributed by atoms with Crippen LogP contribution >= 0.6 is 0 Å². The van der Waals surface area contributed by atoms with Crippen molar-refractivity contribution in [1.82, 2.24) is 20.1 Å². The summed E-state index contributed by atoms with van der Waals surface area (Å²) in [6.45, 7) is 5.94. The molecular weight excluding hydrogens is 459 g/mol. The smallest absolute Gasteiger partial charge is 0.317 e. The van der Waals surface area contributed by atoms with Crippen LogP contribution in [0.15, 0.2) is 42.6 Å². The summed E-state index contributed by atoms with van der Waals surface area (Å²) in [6, 6.07) is 10.7. The van der Waals surface area contributed by atoms with Crippen LogP contribution in [0, 0.1) is 11.2 Å². The summed E-state index contributed by atoms with van der Waals surface area (Å²) in [7, 11) is 0. The standard InChI is InChI=1S/C28H29FN4O3/c1-16(2)26-25(17-3-5-19(29)6-4-17)21-9-18-13-30-32-23(18)10-22(21)27(31-26)36-20-11-28(12-20)7-8-33(15-28)14-24(34)35/h3-6,9-10,13,16,20H,7-8,11-12,14-15H2,1-2H3,(H,30,32)(H,34,35). The number of ether oxygens (including phenoxy) is 1. The van der Waals surface area contributed by atoms with Crippen LogP contribution in [-0.2, 0) is 4.79 Å². The molecule has 0 amide bonds. The number of carbonyl (C=O) groups is 1. The Bertz CT molecular complexity index is 1460. The highest BCUT2D eigenvalue weighted by Crippen LogP contribution is 2.50. The van der Waals surface area contributed by atoms with Gasteiger partial charge in [-0.05, 0) is 72.4 Å². The molecule has 186 valence electrons. The van der Waals surface area contributed by atoms with Crippen LogP contribution < -0.4 is 4.74 Å². The number of fused-ring (bicyclic) bond motifs is 2. The Morgan fingerprint density at radius 1 is 1.25 bits per heavy atom. The molecule has 2 aromatic heterocycles. The number of benzene rings is 2. The van der Waals surface area contributed by atoms with Crippen LogP contribution in [0.2, 0.25) is 0 Å². The van der Waals surface area contributed by atoms with Crippen molar-refractivity contribution in [2.45, 2.75) is 45.1 Å². The lowest BCUT2D eigenvalue weighted by atomic mass is 9.66. The third-order valence-corrected chi connectivity index (χ3v) is 7.71. The molecule has 2 aliphatic rings. The molecule has 2 fully saturated rings. The predicted molar refractivity (Wildman–Crippen MR) is 136 cm³/mol. The van der Waals surface area contributed by atoms with Crippen molar-refractivity contribution in [1.29, 1.82) is 0 Å². The van der Waals surface area contributed by atoms with Gasteiger partial charge in [-0.25, -0.2) is 9.37 Å². The second-order valence-corrected chi connectivity index (χ2v) is 10.7. The number of hydrogen-bond acceptors (Lipinski definition) is 5. The summed E-state index contributed by atoms with van der Waals surface area (Å²) in [5.41, 5.74) is 3.86. The number of rotatable bonds is 6. The summed E-state index contributed by atoms with van der Waals surface area (Å²) in [5, 5.41) is 19.3. The van der Waals surface area contributed by atoms with E-state index in [-0.39, 0.29) is 29.8 Å². The molecule has 0 atom stereocenters. The molecule has 1 saturated carbocycles. The molecule has 0 radical (unpaired) electrons. The molecule has 7 nitrogen and oxygen atoms in total. The number of halogens is 1. The molecule has 0 unspecified atom stereocenters. The van der Waals surface area contributed by atoms with Gasteiger partial charge in [0.1, 0.15) is 11.9 Å². The van der Waals surface area contributed by atoms with Gasteiger partial charge in [0.15, 0.2) is 0 Å². The first-order chi connectivity index (χ1) is 17.3. The van der Waals surface area contributed by atoms with E-state index in [1.807, 2.05) is 11.0 Å². The van der Waals surface area contributed by atoms with E-state index in [0.717, 1.165) is 70.8 Å². The number of aromatic amines is 1. The fraction of sp³-hybridized carbons (Fsp3) is 0.393. The molecule has 1 aliphatic heterocycles. The zero-order chi connectivity index (χ0) is 25.0. The minimum atomic E-state index is -0.776. The number of carboxylic acid groups (broad SMARTS) is 1. The van der Waals surface area contributed by atoms with Gasteiger partial charge >= 0.3 is 5.97 Å². The van der Waals surface area contributed by atoms with Gasteiger partial charge in [-0.3, -0.25) is 14.8 Å². The van der Waals surface area contributed by atoms with E-state index in [2.05, 4.69) is 30.1 Å². The van der Waals surface area contributed by atoms with Gasteiger partial charge in [-0.1, -0.05) is 26.0 Å². The topological polar surface area (TPSA) is 91.3 Å². The number of aliphatic carboxylic acids is 1. The van der Waals surface area contributed by atoms with Gasteiger partial charge in [-0.15, -0.1) is 0 Å². The molecule has 4 aromatic rings. The molecule has 1 aliphatic carbocycles. The summed E-state index contributed by atoms with van der Waals surface area (Å²) < 4.78 is 20.3. The number of nitrogens with zero attached hydrogens (tertiary/aromatic N) is 3. The van der Waals surface area contributed by atoms with Gasteiger partial charge in [0.25, 0.3) is 0 Å². The maximum atomic E-state index is 13.7. The van der Waals surface area contributed by atoms with Crippen LogP contribution in [0.25, 0.3) is 32.8 Å². The van der Waals surface area contributed by atoms with Gasteiger partial charge in [0, 0.05) is 22.9 Å². The normalized spacial score (nSPS) is 22.1. The fourth-order valence-corrected chi connectivity index (χ4v) is 6.00. The van der Waals surface area contributed by atoms with Crippen molar-refractivity contribution in [3.8, 4) is 17.0 Å². The highest BCUT2D eigenvalue weighted by Gasteiger charge is 2.50. The van der Waals surface area contributed by atoms with Crippen molar-refractivity contribution in [3.63, 3.8) is 0 Å². The summed E-state index contributed by atoms with van der Waals surface area (Å²) in [6.07, 6.45) is 4.64. The molecular formula is C28H29FN4O3. The molecule has 2 N–H and O–H groups in total. The van der Waals surface area contributed by atoms with E-state index < -0.39 is 5.97 Å². The lowest BCUT2D eigenvalue weighted by Gasteiger charge is -2.44. The SMILES string of the molecule is CC(C)c1nc(OC2CC3(CCN(CC(=O)O)C3)C2)c2cc3[nH]ncc3cc2c1-c1ccc(F)cc1. The Hall–Kier alpha value is -3.52. The lowest BCUT2D eigenvalue weighted by Crippen LogP contribution is -2.46.